The summed E-state index contributed by atoms with van der Waals surface area (Å²) < 4.78 is 5.22. The Morgan fingerprint density at radius 2 is 2.04 bits per heavy atom. The predicted octanol–water partition coefficient (Wildman–Crippen LogP) is 2.21. The topological polar surface area (TPSA) is 53.0 Å². The Balaban J connectivity index is 1.50. The van der Waals surface area contributed by atoms with E-state index in [-0.39, 0.29) is 0 Å². The number of methoxy groups -OCH3 is 1. The zero-order valence-electron chi connectivity index (χ0n) is 14.5. The highest BCUT2D eigenvalue weighted by molar-refractivity contribution is 5.77. The van der Waals surface area contributed by atoms with E-state index in [1.165, 1.54) is 0 Å². The number of amides is 1. The van der Waals surface area contributed by atoms with Crippen molar-refractivity contribution in [2.24, 2.45) is 0 Å². The molecule has 1 atom stereocenters. The molecular formula is C19H28N2O3. The molecule has 2 heterocycles. The zero-order valence-corrected chi connectivity index (χ0v) is 14.5. The van der Waals surface area contributed by atoms with E-state index in [0.717, 1.165) is 63.1 Å². The van der Waals surface area contributed by atoms with E-state index < -0.39 is 6.10 Å². The van der Waals surface area contributed by atoms with Crippen molar-refractivity contribution in [3.63, 3.8) is 0 Å². The van der Waals surface area contributed by atoms with Crippen LogP contribution in [-0.4, -0.2) is 60.1 Å². The van der Waals surface area contributed by atoms with Gasteiger partial charge in [-0.3, -0.25) is 4.79 Å². The van der Waals surface area contributed by atoms with Crippen molar-refractivity contribution in [2.75, 3.05) is 33.3 Å². The lowest BCUT2D eigenvalue weighted by molar-refractivity contribution is -0.136. The number of aliphatic hydroxyl groups excluding tert-OH is 1. The Morgan fingerprint density at radius 1 is 1.25 bits per heavy atom. The average molecular weight is 332 g/mol. The first-order valence-electron chi connectivity index (χ1n) is 9.01. The standard InChI is InChI=1S/C19H28N2O3/c1-24-17-6-4-5-15(13-17)18(22)14-20-11-8-16(9-12-20)21-10-3-2-7-19(21)23/h4-6,13,16,18,22H,2-3,7-12,14H2,1H3. The average Bonchev–Trinajstić information content (AvgIpc) is 2.63. The summed E-state index contributed by atoms with van der Waals surface area (Å²) >= 11 is 0. The molecule has 3 rings (SSSR count). The van der Waals surface area contributed by atoms with Crippen LogP contribution in [0.3, 0.4) is 0 Å². The third-order valence-electron chi connectivity index (χ3n) is 5.27. The Bertz CT molecular complexity index is 555. The van der Waals surface area contributed by atoms with Gasteiger partial charge in [-0.1, -0.05) is 12.1 Å². The number of likely N-dealkylation sites (tertiary alicyclic amines) is 2. The van der Waals surface area contributed by atoms with Gasteiger partial charge in [-0.25, -0.2) is 0 Å². The fourth-order valence-electron chi connectivity index (χ4n) is 3.83. The van der Waals surface area contributed by atoms with Crippen LogP contribution >= 0.6 is 0 Å². The second-order valence-corrected chi connectivity index (χ2v) is 6.87. The fourth-order valence-corrected chi connectivity index (χ4v) is 3.83. The van der Waals surface area contributed by atoms with E-state index in [1.807, 2.05) is 24.3 Å². The summed E-state index contributed by atoms with van der Waals surface area (Å²) in [5.74, 6) is 1.10. The molecule has 5 nitrogen and oxygen atoms in total. The SMILES string of the molecule is COc1cccc(C(O)CN2CCC(N3CCCCC3=O)CC2)c1. The molecule has 132 valence electrons. The quantitative estimate of drug-likeness (QED) is 0.898. The molecule has 2 aliphatic rings. The van der Waals surface area contributed by atoms with Gasteiger partial charge < -0.3 is 19.6 Å². The van der Waals surface area contributed by atoms with Crippen molar-refractivity contribution >= 4 is 5.91 Å². The van der Waals surface area contributed by atoms with Crippen LogP contribution in [0.5, 0.6) is 5.75 Å². The molecule has 1 aromatic rings. The summed E-state index contributed by atoms with van der Waals surface area (Å²) in [6.45, 7) is 3.44. The summed E-state index contributed by atoms with van der Waals surface area (Å²) in [5.41, 5.74) is 0.891. The van der Waals surface area contributed by atoms with Crippen LogP contribution < -0.4 is 4.74 Å². The molecule has 0 bridgehead atoms. The van der Waals surface area contributed by atoms with Gasteiger partial charge in [-0.05, 0) is 43.4 Å². The molecule has 2 saturated heterocycles. The van der Waals surface area contributed by atoms with Crippen LogP contribution in [0, 0.1) is 0 Å². The first-order chi connectivity index (χ1) is 11.7. The van der Waals surface area contributed by atoms with Gasteiger partial charge in [-0.2, -0.15) is 0 Å². The van der Waals surface area contributed by atoms with Crippen molar-refractivity contribution < 1.29 is 14.6 Å². The van der Waals surface area contributed by atoms with E-state index in [1.54, 1.807) is 7.11 Å². The van der Waals surface area contributed by atoms with Crippen LogP contribution in [0.1, 0.15) is 43.8 Å². The Morgan fingerprint density at radius 3 is 2.75 bits per heavy atom. The van der Waals surface area contributed by atoms with Crippen LogP contribution in [0.4, 0.5) is 0 Å². The molecule has 24 heavy (non-hydrogen) atoms. The molecule has 1 N–H and O–H groups in total. The highest BCUT2D eigenvalue weighted by atomic mass is 16.5. The second-order valence-electron chi connectivity index (χ2n) is 6.87. The number of carbonyl (C=O) groups excluding carboxylic acids is 1. The van der Waals surface area contributed by atoms with E-state index in [9.17, 15) is 9.90 Å². The maximum absolute atomic E-state index is 12.1. The number of nitrogens with zero attached hydrogens (tertiary/aromatic N) is 2. The number of hydrogen-bond acceptors (Lipinski definition) is 4. The van der Waals surface area contributed by atoms with Crippen molar-refractivity contribution in [3.8, 4) is 5.75 Å². The van der Waals surface area contributed by atoms with E-state index in [0.29, 0.717) is 18.5 Å². The zero-order chi connectivity index (χ0) is 16.9. The molecule has 2 aliphatic heterocycles. The Kier molecular flexibility index (Phi) is 5.74. The van der Waals surface area contributed by atoms with Gasteiger partial charge in [0.15, 0.2) is 0 Å². The third-order valence-corrected chi connectivity index (χ3v) is 5.27. The summed E-state index contributed by atoms with van der Waals surface area (Å²) in [5, 5.41) is 10.5. The minimum absolute atomic E-state index is 0.330. The molecule has 0 aromatic heterocycles. The van der Waals surface area contributed by atoms with Crippen molar-refractivity contribution in [3.05, 3.63) is 29.8 Å². The van der Waals surface area contributed by atoms with Gasteiger partial charge in [0.25, 0.3) is 0 Å². The molecule has 1 aromatic carbocycles. The van der Waals surface area contributed by atoms with E-state index >= 15 is 0 Å². The summed E-state index contributed by atoms with van der Waals surface area (Å²) in [6, 6.07) is 8.02. The minimum atomic E-state index is -0.506. The molecule has 2 fully saturated rings. The van der Waals surface area contributed by atoms with Gasteiger partial charge in [0.2, 0.25) is 5.91 Å². The fraction of sp³-hybridized carbons (Fsp3) is 0.632. The number of piperidine rings is 2. The molecule has 0 saturated carbocycles. The van der Waals surface area contributed by atoms with E-state index in [2.05, 4.69) is 9.80 Å². The molecule has 1 amide bonds. The van der Waals surface area contributed by atoms with Crippen molar-refractivity contribution in [2.45, 2.75) is 44.2 Å². The van der Waals surface area contributed by atoms with Crippen LogP contribution in [0.15, 0.2) is 24.3 Å². The van der Waals surface area contributed by atoms with Gasteiger partial charge in [0, 0.05) is 38.6 Å². The maximum atomic E-state index is 12.1. The number of hydrogen-bond donors (Lipinski definition) is 1. The van der Waals surface area contributed by atoms with Crippen LogP contribution in [0.25, 0.3) is 0 Å². The maximum Gasteiger partial charge on any atom is 0.222 e. The highest BCUT2D eigenvalue weighted by Gasteiger charge is 2.29. The molecule has 0 aliphatic carbocycles. The molecule has 5 heteroatoms. The smallest absolute Gasteiger partial charge is 0.222 e. The minimum Gasteiger partial charge on any atom is -0.497 e. The number of β-amino-alcohol motifs (C(OH)–C–C–N with tert-alkyl or cyclic N) is 1. The highest BCUT2D eigenvalue weighted by Crippen LogP contribution is 2.24. The summed E-state index contributed by atoms with van der Waals surface area (Å²) in [6.07, 6.45) is 4.41. The predicted molar refractivity (Wildman–Crippen MR) is 93.0 cm³/mol. The van der Waals surface area contributed by atoms with Crippen molar-refractivity contribution in [1.29, 1.82) is 0 Å². The van der Waals surface area contributed by atoms with Gasteiger partial charge in [0.05, 0.1) is 13.2 Å². The first-order valence-corrected chi connectivity index (χ1v) is 9.01. The van der Waals surface area contributed by atoms with Crippen molar-refractivity contribution in [1.82, 2.24) is 9.80 Å². The second kappa shape index (κ2) is 7.99. The Labute approximate surface area is 144 Å². The largest absolute Gasteiger partial charge is 0.497 e. The number of benzene rings is 1. The number of rotatable bonds is 5. The lowest BCUT2D eigenvalue weighted by atomic mass is 9.99. The summed E-state index contributed by atoms with van der Waals surface area (Å²) in [7, 11) is 1.64. The lowest BCUT2D eigenvalue weighted by Crippen LogP contribution is -2.49. The summed E-state index contributed by atoms with van der Waals surface area (Å²) in [4.78, 5) is 16.5. The monoisotopic (exact) mass is 332 g/mol. The third kappa shape index (κ3) is 4.08. The normalized spacial score (nSPS) is 21.8. The molecule has 1 unspecified atom stereocenters. The van der Waals surface area contributed by atoms with Gasteiger partial charge >= 0.3 is 0 Å². The molecule has 0 radical (unpaired) electrons. The molecular weight excluding hydrogens is 304 g/mol. The lowest BCUT2D eigenvalue weighted by Gasteiger charge is -2.40. The first kappa shape index (κ1) is 17.2. The number of carbonyl (C=O) groups is 1. The molecule has 0 spiro atoms. The Hall–Kier alpha value is -1.59. The number of ether oxygens (including phenoxy) is 1. The van der Waals surface area contributed by atoms with Crippen LogP contribution in [0.2, 0.25) is 0 Å². The van der Waals surface area contributed by atoms with E-state index in [4.69, 9.17) is 4.74 Å². The number of aliphatic hydroxyl groups is 1. The van der Waals surface area contributed by atoms with Gasteiger partial charge in [-0.15, -0.1) is 0 Å². The van der Waals surface area contributed by atoms with Gasteiger partial charge in [0.1, 0.15) is 5.75 Å². The van der Waals surface area contributed by atoms with Crippen LogP contribution in [-0.2, 0) is 4.79 Å².